The van der Waals surface area contributed by atoms with Crippen LogP contribution in [0.2, 0.25) is 0 Å². The van der Waals surface area contributed by atoms with E-state index in [1.54, 1.807) is 10.4 Å². The highest BCUT2D eigenvalue weighted by Gasteiger charge is 2.23. The first-order valence-electron chi connectivity index (χ1n) is 7.30. The molecule has 5 nitrogen and oxygen atoms in total. The highest BCUT2D eigenvalue weighted by Crippen LogP contribution is 2.13. The van der Waals surface area contributed by atoms with Crippen molar-refractivity contribution in [3.63, 3.8) is 0 Å². The average Bonchev–Trinajstić information content (AvgIpc) is 3.02. The van der Waals surface area contributed by atoms with Gasteiger partial charge in [0, 0.05) is 18.8 Å². The normalized spacial score (nSPS) is 16.6. The number of nitrogen functional groups attached to an aromatic ring is 1. The molecule has 0 aliphatic carbocycles. The van der Waals surface area contributed by atoms with Crippen molar-refractivity contribution in [2.45, 2.75) is 25.7 Å². The van der Waals surface area contributed by atoms with E-state index >= 15 is 0 Å². The summed E-state index contributed by atoms with van der Waals surface area (Å²) < 4.78 is 25.6. The minimum absolute atomic E-state index is 0.114. The van der Waals surface area contributed by atoms with Crippen LogP contribution in [0.1, 0.15) is 24.8 Å². The van der Waals surface area contributed by atoms with E-state index in [0.29, 0.717) is 13.1 Å². The molecule has 0 saturated carbocycles. The van der Waals surface area contributed by atoms with Crippen molar-refractivity contribution in [3.8, 4) is 0 Å². The zero-order valence-corrected chi connectivity index (χ0v) is 13.0. The Morgan fingerprint density at radius 1 is 1.14 bits per heavy atom. The molecule has 0 atom stereocenters. The first-order valence-corrected chi connectivity index (χ1v) is 8.91. The number of aryl methyl sites for hydroxylation is 1. The van der Waals surface area contributed by atoms with Crippen LogP contribution in [0.15, 0.2) is 36.4 Å². The Morgan fingerprint density at radius 3 is 2.43 bits per heavy atom. The van der Waals surface area contributed by atoms with Crippen LogP contribution in [-0.4, -0.2) is 31.6 Å². The predicted molar refractivity (Wildman–Crippen MR) is 86.3 cm³/mol. The van der Waals surface area contributed by atoms with Gasteiger partial charge in [-0.15, -0.1) is 0 Å². The lowest BCUT2D eigenvalue weighted by Gasteiger charge is -2.13. The lowest BCUT2D eigenvalue weighted by molar-refractivity contribution is 0.480. The van der Waals surface area contributed by atoms with E-state index in [-0.39, 0.29) is 5.75 Å². The maximum atomic E-state index is 12.0. The van der Waals surface area contributed by atoms with Crippen molar-refractivity contribution in [1.29, 1.82) is 0 Å². The third-order valence-corrected chi connectivity index (χ3v) is 5.42. The van der Waals surface area contributed by atoms with E-state index in [1.807, 2.05) is 30.3 Å². The molecule has 1 aromatic rings. The second-order valence-electron chi connectivity index (χ2n) is 5.24. The molecule has 0 radical (unpaired) electrons. The lowest BCUT2D eigenvalue weighted by atomic mass is 10.1. The highest BCUT2D eigenvalue weighted by atomic mass is 32.2. The number of benzene rings is 1. The molecular weight excluding hydrogens is 286 g/mol. The number of sulfonamides is 1. The van der Waals surface area contributed by atoms with Gasteiger partial charge in [0.1, 0.15) is 0 Å². The highest BCUT2D eigenvalue weighted by molar-refractivity contribution is 7.89. The molecule has 1 heterocycles. The van der Waals surface area contributed by atoms with Crippen LogP contribution in [0.4, 0.5) is 5.69 Å². The third kappa shape index (κ3) is 4.84. The maximum absolute atomic E-state index is 12.0. The fraction of sp³-hybridized carbons (Fsp3) is 0.467. The summed E-state index contributed by atoms with van der Waals surface area (Å²) in [7, 11) is -3.09. The molecule has 1 fully saturated rings. The number of hydrogen-bond donors (Lipinski definition) is 2. The van der Waals surface area contributed by atoms with Gasteiger partial charge in [0.15, 0.2) is 0 Å². The minimum Gasteiger partial charge on any atom is -0.324 e. The van der Waals surface area contributed by atoms with Crippen molar-refractivity contribution in [2.75, 3.05) is 24.3 Å². The molecule has 1 saturated heterocycles. The first kappa shape index (κ1) is 16.0. The molecule has 1 aliphatic rings. The second kappa shape index (κ2) is 7.59. The minimum atomic E-state index is -3.09. The number of hydrazine groups is 1. The number of nitrogens with one attached hydrogen (secondary N) is 1. The van der Waals surface area contributed by atoms with Gasteiger partial charge in [-0.2, -0.15) is 0 Å². The molecule has 0 amide bonds. The molecule has 0 spiro atoms. The Hall–Kier alpha value is -1.37. The molecular formula is C15H23N3O2S. The standard InChI is InChI=1S/C15H23N3O2S/c16-17-15-9-7-14(8-10-15)6-2-1-5-13-21(19,20)18-11-3-4-12-18/h1,5,7-10,17H,2-4,6,11-13,16H2. The SMILES string of the molecule is NNc1ccc(CCC=CCS(=O)(=O)N2CCCC2)cc1. The summed E-state index contributed by atoms with van der Waals surface area (Å²) >= 11 is 0. The monoisotopic (exact) mass is 309 g/mol. The molecule has 0 aromatic heterocycles. The summed E-state index contributed by atoms with van der Waals surface area (Å²) in [6, 6.07) is 7.89. The van der Waals surface area contributed by atoms with Gasteiger partial charge in [-0.1, -0.05) is 24.3 Å². The van der Waals surface area contributed by atoms with Crippen LogP contribution in [0, 0.1) is 0 Å². The Balaban J connectivity index is 1.74. The smallest absolute Gasteiger partial charge is 0.217 e. The van der Waals surface area contributed by atoms with Crippen LogP contribution < -0.4 is 11.3 Å². The molecule has 2 rings (SSSR count). The molecule has 3 N–H and O–H groups in total. The van der Waals surface area contributed by atoms with Gasteiger partial charge >= 0.3 is 0 Å². The van der Waals surface area contributed by atoms with Gasteiger partial charge in [0.05, 0.1) is 5.75 Å². The summed E-state index contributed by atoms with van der Waals surface area (Å²) in [6.07, 6.45) is 7.41. The van der Waals surface area contributed by atoms with E-state index in [4.69, 9.17) is 5.84 Å². The van der Waals surface area contributed by atoms with Crippen molar-refractivity contribution in [1.82, 2.24) is 4.31 Å². The van der Waals surface area contributed by atoms with Gasteiger partial charge in [0.25, 0.3) is 0 Å². The van der Waals surface area contributed by atoms with Gasteiger partial charge in [0.2, 0.25) is 10.0 Å². The summed E-state index contributed by atoms with van der Waals surface area (Å²) in [4.78, 5) is 0. The summed E-state index contributed by atoms with van der Waals surface area (Å²) in [6.45, 7) is 1.36. The Morgan fingerprint density at radius 2 is 1.81 bits per heavy atom. The summed E-state index contributed by atoms with van der Waals surface area (Å²) in [5, 5.41) is 0. The summed E-state index contributed by atoms with van der Waals surface area (Å²) in [5.74, 6) is 5.42. The molecule has 0 unspecified atom stereocenters. The molecule has 1 aliphatic heterocycles. The molecule has 1 aromatic carbocycles. The Kier molecular flexibility index (Phi) is 5.78. The third-order valence-electron chi connectivity index (χ3n) is 3.65. The quantitative estimate of drug-likeness (QED) is 0.458. The van der Waals surface area contributed by atoms with Crippen LogP contribution in [-0.2, 0) is 16.4 Å². The predicted octanol–water partition coefficient (Wildman–Crippen LogP) is 1.89. The van der Waals surface area contributed by atoms with Crippen LogP contribution in [0.3, 0.4) is 0 Å². The fourth-order valence-electron chi connectivity index (χ4n) is 2.40. The van der Waals surface area contributed by atoms with E-state index in [1.165, 1.54) is 5.56 Å². The number of nitrogens with zero attached hydrogens (tertiary/aromatic N) is 1. The number of allylic oxidation sites excluding steroid dienone is 1. The first-order chi connectivity index (χ1) is 10.1. The van der Waals surface area contributed by atoms with Gasteiger partial charge < -0.3 is 5.43 Å². The van der Waals surface area contributed by atoms with E-state index in [2.05, 4.69) is 5.43 Å². The van der Waals surface area contributed by atoms with Gasteiger partial charge in [-0.25, -0.2) is 12.7 Å². The average molecular weight is 309 g/mol. The lowest BCUT2D eigenvalue weighted by Crippen LogP contribution is -2.29. The van der Waals surface area contributed by atoms with Crippen molar-refractivity contribution < 1.29 is 8.42 Å². The van der Waals surface area contributed by atoms with E-state index < -0.39 is 10.0 Å². The van der Waals surface area contributed by atoms with Crippen molar-refractivity contribution in [2.24, 2.45) is 5.84 Å². The molecule has 116 valence electrons. The molecule has 21 heavy (non-hydrogen) atoms. The topological polar surface area (TPSA) is 75.4 Å². The zero-order chi connectivity index (χ0) is 15.1. The summed E-state index contributed by atoms with van der Waals surface area (Å²) in [5.41, 5.74) is 4.68. The van der Waals surface area contributed by atoms with Gasteiger partial charge in [-0.05, 0) is 43.4 Å². The Bertz CT molecular complexity index is 561. The number of hydrogen-bond acceptors (Lipinski definition) is 4. The van der Waals surface area contributed by atoms with Crippen LogP contribution in [0.25, 0.3) is 0 Å². The zero-order valence-electron chi connectivity index (χ0n) is 12.2. The van der Waals surface area contributed by atoms with Crippen molar-refractivity contribution in [3.05, 3.63) is 42.0 Å². The molecule has 6 heteroatoms. The van der Waals surface area contributed by atoms with Crippen LogP contribution >= 0.6 is 0 Å². The van der Waals surface area contributed by atoms with E-state index in [9.17, 15) is 8.42 Å². The second-order valence-corrected chi connectivity index (χ2v) is 7.25. The maximum Gasteiger partial charge on any atom is 0.217 e. The largest absolute Gasteiger partial charge is 0.324 e. The number of anilines is 1. The fourth-order valence-corrected chi connectivity index (χ4v) is 3.80. The van der Waals surface area contributed by atoms with Gasteiger partial charge in [-0.3, -0.25) is 5.84 Å². The number of rotatable bonds is 7. The van der Waals surface area contributed by atoms with Crippen molar-refractivity contribution >= 4 is 15.7 Å². The molecule has 0 bridgehead atoms. The van der Waals surface area contributed by atoms with Crippen LogP contribution in [0.5, 0.6) is 0 Å². The number of nitrogens with two attached hydrogens (primary N) is 1. The van der Waals surface area contributed by atoms with E-state index in [0.717, 1.165) is 31.4 Å². The Labute approximate surface area is 126 Å².